The van der Waals surface area contributed by atoms with E-state index < -0.39 is 11.2 Å². The summed E-state index contributed by atoms with van der Waals surface area (Å²) >= 11 is 5.65. The van der Waals surface area contributed by atoms with Crippen molar-refractivity contribution in [2.24, 2.45) is 0 Å². The Morgan fingerprint density at radius 1 is 1.15 bits per heavy atom. The molecule has 2 rings (SSSR count). The summed E-state index contributed by atoms with van der Waals surface area (Å²) in [6.07, 6.45) is 3.40. The van der Waals surface area contributed by atoms with Crippen LogP contribution in [-0.2, 0) is 6.54 Å². The predicted octanol–water partition coefficient (Wildman–Crippen LogP) is 3.30. The average Bonchev–Trinajstić information content (AvgIpc) is 2.54. The van der Waals surface area contributed by atoms with Gasteiger partial charge in [-0.2, -0.15) is 0 Å². The number of benzene rings is 1. The van der Waals surface area contributed by atoms with Crippen LogP contribution in [0.25, 0.3) is 0 Å². The lowest BCUT2D eigenvalue weighted by molar-refractivity contribution is 0.102. The van der Waals surface area contributed by atoms with Crippen molar-refractivity contribution in [3.63, 3.8) is 0 Å². The van der Waals surface area contributed by atoms with Crippen LogP contribution >= 0.6 is 11.6 Å². The monoisotopic (exact) mass is 374 g/mol. The number of aromatic amines is 1. The van der Waals surface area contributed by atoms with Crippen LogP contribution in [0.3, 0.4) is 0 Å². The summed E-state index contributed by atoms with van der Waals surface area (Å²) in [6.45, 7) is 7.62. The SMILES string of the molecule is Cc1cc(C)cc(C(=O)c2c(C(C)C)c(=O)[nH]c(=O)n2C/C=C/CCl)c1. The maximum Gasteiger partial charge on any atom is 0.329 e. The Kier molecular flexibility index (Phi) is 6.37. The molecule has 0 bridgehead atoms. The zero-order chi connectivity index (χ0) is 19.4. The highest BCUT2D eigenvalue weighted by Gasteiger charge is 2.24. The van der Waals surface area contributed by atoms with Gasteiger partial charge in [0.2, 0.25) is 5.78 Å². The molecule has 0 aliphatic carbocycles. The predicted molar refractivity (Wildman–Crippen MR) is 105 cm³/mol. The van der Waals surface area contributed by atoms with E-state index in [2.05, 4.69) is 4.98 Å². The molecule has 0 saturated carbocycles. The number of allylic oxidation sites excluding steroid dienone is 2. The first-order valence-corrected chi connectivity index (χ1v) is 9.00. The van der Waals surface area contributed by atoms with Gasteiger partial charge in [-0.3, -0.25) is 19.1 Å². The van der Waals surface area contributed by atoms with E-state index in [-0.39, 0.29) is 23.9 Å². The quantitative estimate of drug-likeness (QED) is 0.479. The molecule has 0 aliphatic rings. The highest BCUT2D eigenvalue weighted by molar-refractivity contribution is 6.18. The maximum absolute atomic E-state index is 13.3. The molecular formula is C20H23ClN2O3. The molecule has 26 heavy (non-hydrogen) atoms. The first-order valence-electron chi connectivity index (χ1n) is 8.47. The van der Waals surface area contributed by atoms with E-state index in [4.69, 9.17) is 11.6 Å². The summed E-state index contributed by atoms with van der Waals surface area (Å²) in [7, 11) is 0. The van der Waals surface area contributed by atoms with Gasteiger partial charge in [0.25, 0.3) is 5.56 Å². The van der Waals surface area contributed by atoms with Gasteiger partial charge in [0.05, 0.1) is 0 Å². The molecule has 0 saturated heterocycles. The van der Waals surface area contributed by atoms with Crippen LogP contribution in [0, 0.1) is 13.8 Å². The fraction of sp³-hybridized carbons (Fsp3) is 0.350. The molecule has 1 aromatic heterocycles. The summed E-state index contributed by atoms with van der Waals surface area (Å²) < 4.78 is 1.31. The Morgan fingerprint density at radius 2 is 1.77 bits per heavy atom. The van der Waals surface area contributed by atoms with Gasteiger partial charge >= 0.3 is 5.69 Å². The third-order valence-corrected chi connectivity index (χ3v) is 4.23. The van der Waals surface area contributed by atoms with Crippen LogP contribution in [-0.4, -0.2) is 21.2 Å². The highest BCUT2D eigenvalue weighted by atomic mass is 35.5. The minimum Gasteiger partial charge on any atom is -0.287 e. The minimum absolute atomic E-state index is 0.137. The normalized spacial score (nSPS) is 11.5. The van der Waals surface area contributed by atoms with E-state index in [0.717, 1.165) is 11.1 Å². The van der Waals surface area contributed by atoms with Gasteiger partial charge < -0.3 is 0 Å². The van der Waals surface area contributed by atoms with Crippen LogP contribution in [0.5, 0.6) is 0 Å². The van der Waals surface area contributed by atoms with Crippen LogP contribution in [0.1, 0.15) is 52.5 Å². The molecule has 1 heterocycles. The second-order valence-corrected chi connectivity index (χ2v) is 6.93. The lowest BCUT2D eigenvalue weighted by atomic mass is 9.95. The molecular weight excluding hydrogens is 352 g/mol. The molecule has 0 fully saturated rings. The Balaban J connectivity index is 2.77. The number of carbonyl (C=O) groups is 1. The van der Waals surface area contributed by atoms with Crippen molar-refractivity contribution in [3.8, 4) is 0 Å². The van der Waals surface area contributed by atoms with Crippen molar-refractivity contribution in [2.45, 2.75) is 40.2 Å². The van der Waals surface area contributed by atoms with Crippen molar-refractivity contribution in [3.05, 3.63) is 79.1 Å². The van der Waals surface area contributed by atoms with Crippen molar-refractivity contribution in [1.29, 1.82) is 0 Å². The van der Waals surface area contributed by atoms with Crippen molar-refractivity contribution >= 4 is 17.4 Å². The summed E-state index contributed by atoms with van der Waals surface area (Å²) in [5.74, 6) is -0.245. The number of aryl methyl sites for hydroxylation is 2. The van der Waals surface area contributed by atoms with E-state index >= 15 is 0 Å². The van der Waals surface area contributed by atoms with Gasteiger partial charge in [-0.05, 0) is 31.9 Å². The summed E-state index contributed by atoms with van der Waals surface area (Å²) in [6, 6.07) is 5.50. The molecule has 0 radical (unpaired) electrons. The van der Waals surface area contributed by atoms with Crippen LogP contribution in [0.15, 0.2) is 39.9 Å². The van der Waals surface area contributed by atoms with E-state index in [1.54, 1.807) is 24.3 Å². The molecule has 2 aromatic rings. The van der Waals surface area contributed by atoms with Crippen molar-refractivity contribution < 1.29 is 4.79 Å². The smallest absolute Gasteiger partial charge is 0.287 e. The molecule has 6 heteroatoms. The second-order valence-electron chi connectivity index (χ2n) is 6.62. The average molecular weight is 375 g/mol. The Hall–Kier alpha value is -2.40. The molecule has 5 nitrogen and oxygen atoms in total. The number of carbonyl (C=O) groups excluding carboxylic acids is 1. The van der Waals surface area contributed by atoms with E-state index in [9.17, 15) is 14.4 Å². The molecule has 0 aliphatic heterocycles. The number of nitrogens with one attached hydrogen (secondary N) is 1. The van der Waals surface area contributed by atoms with Gasteiger partial charge in [-0.25, -0.2) is 4.79 Å². The van der Waals surface area contributed by atoms with Crippen LogP contribution in [0.2, 0.25) is 0 Å². The second kappa shape index (κ2) is 8.32. The third kappa shape index (κ3) is 4.22. The number of nitrogens with zero attached hydrogens (tertiary/aromatic N) is 1. The molecule has 0 atom stereocenters. The van der Waals surface area contributed by atoms with E-state index in [1.807, 2.05) is 33.8 Å². The number of alkyl halides is 1. The Labute approximate surface area is 157 Å². The number of hydrogen-bond acceptors (Lipinski definition) is 3. The Bertz CT molecular complexity index is 948. The van der Waals surface area contributed by atoms with Gasteiger partial charge in [-0.15, -0.1) is 11.6 Å². The molecule has 0 unspecified atom stereocenters. The first-order chi connectivity index (χ1) is 12.3. The zero-order valence-corrected chi connectivity index (χ0v) is 16.2. The minimum atomic E-state index is -0.605. The summed E-state index contributed by atoms with van der Waals surface area (Å²) in [5, 5.41) is 0. The first kappa shape index (κ1) is 19.9. The van der Waals surface area contributed by atoms with E-state index in [0.29, 0.717) is 17.0 Å². The molecule has 1 N–H and O–H groups in total. The van der Waals surface area contributed by atoms with Crippen molar-refractivity contribution in [2.75, 3.05) is 5.88 Å². The summed E-state index contributed by atoms with van der Waals surface area (Å²) in [4.78, 5) is 40.4. The number of aromatic nitrogens is 2. The standard InChI is InChI=1S/C20H23ClN2O3/c1-12(2)16-17(18(24)15-10-13(3)9-14(4)11-15)23(8-6-5-7-21)20(26)22-19(16)25/h5-6,9-12H,7-8H2,1-4H3,(H,22,25,26)/b6-5+. The highest BCUT2D eigenvalue weighted by Crippen LogP contribution is 2.19. The number of hydrogen-bond donors (Lipinski definition) is 1. The van der Waals surface area contributed by atoms with Crippen LogP contribution in [0.4, 0.5) is 0 Å². The van der Waals surface area contributed by atoms with Gasteiger partial charge in [0.1, 0.15) is 5.69 Å². The fourth-order valence-corrected chi connectivity index (χ4v) is 3.15. The van der Waals surface area contributed by atoms with Gasteiger partial charge in [0, 0.05) is 23.6 Å². The molecule has 0 amide bonds. The lowest BCUT2D eigenvalue weighted by Crippen LogP contribution is -2.37. The largest absolute Gasteiger partial charge is 0.329 e. The van der Waals surface area contributed by atoms with E-state index in [1.165, 1.54) is 4.57 Å². The molecule has 1 aromatic carbocycles. The topological polar surface area (TPSA) is 71.9 Å². The maximum atomic E-state index is 13.3. The van der Waals surface area contributed by atoms with Gasteiger partial charge in [0.15, 0.2) is 0 Å². The number of ketones is 1. The Morgan fingerprint density at radius 3 is 2.31 bits per heavy atom. The third-order valence-electron chi connectivity index (χ3n) is 4.06. The van der Waals surface area contributed by atoms with Gasteiger partial charge in [-0.1, -0.05) is 43.2 Å². The zero-order valence-electron chi connectivity index (χ0n) is 15.4. The number of H-pyrrole nitrogens is 1. The van der Waals surface area contributed by atoms with Crippen molar-refractivity contribution in [1.82, 2.24) is 9.55 Å². The fourth-order valence-electron chi connectivity index (χ4n) is 3.03. The number of halogens is 1. The van der Waals surface area contributed by atoms with Crippen LogP contribution < -0.4 is 11.2 Å². The molecule has 138 valence electrons. The summed E-state index contributed by atoms with van der Waals surface area (Å²) in [5.41, 5.74) is 1.68. The lowest BCUT2D eigenvalue weighted by Gasteiger charge is -2.16. The molecule has 0 spiro atoms. The number of rotatable bonds is 6.